The lowest BCUT2D eigenvalue weighted by molar-refractivity contribution is 0.118. The summed E-state index contributed by atoms with van der Waals surface area (Å²) < 4.78 is 2.00. The lowest BCUT2D eigenvalue weighted by Crippen LogP contribution is -2.40. The molecule has 96 valence electrons. The zero-order chi connectivity index (χ0) is 12.1. The van der Waals surface area contributed by atoms with Crippen LogP contribution in [0.25, 0.3) is 0 Å². The summed E-state index contributed by atoms with van der Waals surface area (Å²) in [6, 6.07) is 0.784. The van der Waals surface area contributed by atoms with E-state index >= 15 is 0 Å². The van der Waals surface area contributed by atoms with Gasteiger partial charge in [0.05, 0.1) is 6.20 Å². The van der Waals surface area contributed by atoms with Gasteiger partial charge in [-0.15, -0.1) is 0 Å². The third kappa shape index (κ3) is 3.30. The molecule has 1 aromatic heterocycles. The van der Waals surface area contributed by atoms with Crippen LogP contribution in [-0.2, 0) is 13.1 Å². The molecule has 0 spiro atoms. The molecule has 1 aliphatic rings. The van der Waals surface area contributed by atoms with E-state index < -0.39 is 0 Å². The lowest BCUT2D eigenvalue weighted by Gasteiger charge is -2.37. The fourth-order valence-electron chi connectivity index (χ4n) is 2.33. The van der Waals surface area contributed by atoms with Crippen molar-refractivity contribution < 1.29 is 0 Å². The summed E-state index contributed by atoms with van der Waals surface area (Å²) in [5.74, 6) is 0. The summed E-state index contributed by atoms with van der Waals surface area (Å²) in [7, 11) is 0. The molecule has 1 fully saturated rings. The van der Waals surface area contributed by atoms with Gasteiger partial charge in [0.1, 0.15) is 0 Å². The van der Waals surface area contributed by atoms with Crippen LogP contribution >= 0.6 is 0 Å². The van der Waals surface area contributed by atoms with Gasteiger partial charge in [-0.3, -0.25) is 9.58 Å². The van der Waals surface area contributed by atoms with Gasteiger partial charge < -0.3 is 5.73 Å². The second-order valence-corrected chi connectivity index (χ2v) is 4.90. The molecule has 1 saturated carbocycles. The summed E-state index contributed by atoms with van der Waals surface area (Å²) >= 11 is 0. The number of rotatable bonds is 7. The van der Waals surface area contributed by atoms with E-state index in [4.69, 9.17) is 5.73 Å². The predicted molar refractivity (Wildman–Crippen MR) is 69.6 cm³/mol. The van der Waals surface area contributed by atoms with Gasteiger partial charge in [-0.1, -0.05) is 6.42 Å². The summed E-state index contributed by atoms with van der Waals surface area (Å²) in [6.45, 7) is 6.02. The summed E-state index contributed by atoms with van der Waals surface area (Å²) in [5.41, 5.74) is 6.94. The Morgan fingerprint density at radius 1 is 1.53 bits per heavy atom. The molecule has 1 aromatic rings. The minimum atomic E-state index is 0.784. The van der Waals surface area contributed by atoms with E-state index in [-0.39, 0.29) is 0 Å². The van der Waals surface area contributed by atoms with Gasteiger partial charge in [0.2, 0.25) is 0 Å². The molecule has 0 aromatic carbocycles. The van der Waals surface area contributed by atoms with Crippen molar-refractivity contribution >= 4 is 0 Å². The molecule has 0 unspecified atom stereocenters. The van der Waals surface area contributed by atoms with E-state index in [2.05, 4.69) is 23.1 Å². The molecule has 0 aliphatic heterocycles. The van der Waals surface area contributed by atoms with E-state index in [1.165, 1.54) is 24.8 Å². The Kier molecular flexibility index (Phi) is 4.57. The first-order valence-corrected chi connectivity index (χ1v) is 6.79. The van der Waals surface area contributed by atoms with E-state index in [9.17, 15) is 0 Å². The highest BCUT2D eigenvalue weighted by Crippen LogP contribution is 2.26. The SMILES string of the molecule is CCn1cc(CN(CCCN)C2CCC2)cn1. The first-order chi connectivity index (χ1) is 8.33. The highest BCUT2D eigenvalue weighted by atomic mass is 15.3. The predicted octanol–water partition coefficient (Wildman–Crippen LogP) is 1.61. The number of hydrogen-bond donors (Lipinski definition) is 1. The van der Waals surface area contributed by atoms with E-state index in [1.807, 2.05) is 10.9 Å². The summed E-state index contributed by atoms with van der Waals surface area (Å²) in [4.78, 5) is 2.58. The second kappa shape index (κ2) is 6.17. The third-order valence-corrected chi connectivity index (χ3v) is 3.64. The monoisotopic (exact) mass is 236 g/mol. The van der Waals surface area contributed by atoms with Crippen molar-refractivity contribution in [2.24, 2.45) is 5.73 Å². The number of aromatic nitrogens is 2. The van der Waals surface area contributed by atoms with Gasteiger partial charge in [0.25, 0.3) is 0 Å². The Morgan fingerprint density at radius 3 is 2.88 bits per heavy atom. The molecule has 17 heavy (non-hydrogen) atoms. The van der Waals surface area contributed by atoms with Gasteiger partial charge in [-0.2, -0.15) is 5.10 Å². The minimum Gasteiger partial charge on any atom is -0.330 e. The molecule has 0 bridgehead atoms. The molecule has 0 saturated heterocycles. The molecule has 2 N–H and O–H groups in total. The maximum absolute atomic E-state index is 5.61. The fourth-order valence-corrected chi connectivity index (χ4v) is 2.33. The molecule has 4 nitrogen and oxygen atoms in total. The van der Waals surface area contributed by atoms with Gasteiger partial charge in [-0.05, 0) is 39.3 Å². The minimum absolute atomic E-state index is 0.784. The van der Waals surface area contributed by atoms with E-state index in [1.54, 1.807) is 0 Å². The van der Waals surface area contributed by atoms with Crippen LogP contribution in [0.4, 0.5) is 0 Å². The van der Waals surface area contributed by atoms with Crippen molar-refractivity contribution in [3.63, 3.8) is 0 Å². The Hall–Kier alpha value is -0.870. The van der Waals surface area contributed by atoms with Crippen molar-refractivity contribution in [1.29, 1.82) is 0 Å². The molecule has 0 radical (unpaired) electrons. The molecule has 0 atom stereocenters. The van der Waals surface area contributed by atoms with Crippen molar-refractivity contribution in [3.05, 3.63) is 18.0 Å². The molecule has 1 aliphatic carbocycles. The first kappa shape index (κ1) is 12.6. The molecule has 1 heterocycles. The van der Waals surface area contributed by atoms with Gasteiger partial charge >= 0.3 is 0 Å². The molecule has 4 heteroatoms. The Morgan fingerprint density at radius 2 is 2.35 bits per heavy atom. The number of nitrogens with two attached hydrogens (primary N) is 1. The highest BCUT2D eigenvalue weighted by molar-refractivity contribution is 5.04. The van der Waals surface area contributed by atoms with Crippen LogP contribution < -0.4 is 5.73 Å². The average Bonchev–Trinajstić information content (AvgIpc) is 2.71. The number of nitrogens with zero attached hydrogens (tertiary/aromatic N) is 3. The first-order valence-electron chi connectivity index (χ1n) is 6.79. The third-order valence-electron chi connectivity index (χ3n) is 3.64. The van der Waals surface area contributed by atoms with Crippen LogP contribution in [0.3, 0.4) is 0 Å². The standard InChI is InChI=1S/C13H24N4/c1-2-17-11-12(9-15-17)10-16(8-4-7-14)13-5-3-6-13/h9,11,13H,2-8,10,14H2,1H3. The molecule has 2 rings (SSSR count). The van der Waals surface area contributed by atoms with Crippen molar-refractivity contribution in [3.8, 4) is 0 Å². The second-order valence-electron chi connectivity index (χ2n) is 4.90. The van der Waals surface area contributed by atoms with Crippen LogP contribution in [0.2, 0.25) is 0 Å². The molecular formula is C13H24N4. The largest absolute Gasteiger partial charge is 0.330 e. The summed E-state index contributed by atoms with van der Waals surface area (Å²) in [6.07, 6.45) is 9.35. The quantitative estimate of drug-likeness (QED) is 0.782. The van der Waals surface area contributed by atoms with E-state index in [0.717, 1.165) is 38.6 Å². The Bertz CT molecular complexity index is 330. The van der Waals surface area contributed by atoms with Gasteiger partial charge in [-0.25, -0.2) is 0 Å². The smallest absolute Gasteiger partial charge is 0.0534 e. The lowest BCUT2D eigenvalue weighted by atomic mass is 9.91. The fraction of sp³-hybridized carbons (Fsp3) is 0.769. The van der Waals surface area contributed by atoms with Crippen molar-refractivity contribution in [1.82, 2.24) is 14.7 Å². The van der Waals surface area contributed by atoms with Crippen LogP contribution in [0.1, 0.15) is 38.2 Å². The maximum atomic E-state index is 5.61. The number of hydrogen-bond acceptors (Lipinski definition) is 3. The normalized spacial score (nSPS) is 16.4. The number of aryl methyl sites for hydroxylation is 1. The molecular weight excluding hydrogens is 212 g/mol. The topological polar surface area (TPSA) is 47.1 Å². The van der Waals surface area contributed by atoms with Crippen LogP contribution in [-0.4, -0.2) is 33.8 Å². The van der Waals surface area contributed by atoms with Crippen molar-refractivity contribution in [2.45, 2.75) is 51.7 Å². The zero-order valence-electron chi connectivity index (χ0n) is 10.8. The Balaban J connectivity index is 1.90. The van der Waals surface area contributed by atoms with E-state index in [0.29, 0.717) is 0 Å². The molecule has 0 amide bonds. The van der Waals surface area contributed by atoms with Crippen LogP contribution in [0.5, 0.6) is 0 Å². The maximum Gasteiger partial charge on any atom is 0.0534 e. The average molecular weight is 236 g/mol. The Labute approximate surface area is 104 Å². The van der Waals surface area contributed by atoms with Gasteiger partial charge in [0, 0.05) is 30.9 Å². The van der Waals surface area contributed by atoms with Crippen molar-refractivity contribution in [2.75, 3.05) is 13.1 Å². The highest BCUT2D eigenvalue weighted by Gasteiger charge is 2.24. The zero-order valence-corrected chi connectivity index (χ0v) is 10.8. The van der Waals surface area contributed by atoms with Crippen LogP contribution in [0, 0.1) is 0 Å². The van der Waals surface area contributed by atoms with Crippen LogP contribution in [0.15, 0.2) is 12.4 Å². The summed E-state index contributed by atoms with van der Waals surface area (Å²) in [5, 5.41) is 4.34. The van der Waals surface area contributed by atoms with Gasteiger partial charge in [0.15, 0.2) is 0 Å².